The molecule has 0 aliphatic carbocycles. The number of pyridine rings is 2. The predicted molar refractivity (Wildman–Crippen MR) is 249 cm³/mol. The zero-order valence-corrected chi connectivity index (χ0v) is 38.1. The first-order valence-electron chi connectivity index (χ1n) is 17.6. The molecule has 5 N–H and O–H groups in total. The van der Waals surface area contributed by atoms with Gasteiger partial charge in [-0.25, -0.2) is 35.2 Å². The zero-order chi connectivity index (χ0) is 49.2. The molecule has 0 unspecified atom stereocenters. The van der Waals surface area contributed by atoms with Gasteiger partial charge < -0.3 is 5.73 Å². The van der Waals surface area contributed by atoms with E-state index in [0.717, 1.165) is 55.0 Å². The Morgan fingerprint density at radius 1 is 0.559 bits per heavy atom. The number of alkyl halides is 6. The van der Waals surface area contributed by atoms with Gasteiger partial charge in [0.05, 0.1) is 58.6 Å². The molecule has 364 valence electrons. The van der Waals surface area contributed by atoms with E-state index in [1.807, 2.05) is 4.72 Å². The molecule has 14 nitrogen and oxygen atoms in total. The number of ketones is 2. The molecule has 68 heavy (non-hydrogen) atoms. The Bertz CT molecular complexity index is 3240. The van der Waals surface area contributed by atoms with Crippen molar-refractivity contribution < 1.29 is 61.2 Å². The number of hydrogen-bond acceptors (Lipinski definition) is 11. The summed E-state index contributed by atoms with van der Waals surface area (Å²) in [5, 5.41) is -1.43. The van der Waals surface area contributed by atoms with E-state index in [1.165, 1.54) is 42.5 Å². The van der Waals surface area contributed by atoms with Crippen molar-refractivity contribution in [2.75, 3.05) is 26.2 Å². The third-order valence-electron chi connectivity index (χ3n) is 8.31. The van der Waals surface area contributed by atoms with E-state index in [9.17, 15) is 61.2 Å². The van der Waals surface area contributed by atoms with Gasteiger partial charge in [-0.2, -0.15) is 26.3 Å². The molecule has 0 atom stereocenters. The van der Waals surface area contributed by atoms with Gasteiger partial charge in [0.25, 0.3) is 20.0 Å². The van der Waals surface area contributed by atoms with Gasteiger partial charge in [0, 0.05) is 34.9 Å². The molecule has 27 heteroatoms. The fourth-order valence-corrected chi connectivity index (χ4v) is 8.96. The molecule has 4 aromatic carbocycles. The highest BCUT2D eigenvalue weighted by Crippen LogP contribution is 2.38. The zero-order valence-electron chi connectivity index (χ0n) is 32.6. The van der Waals surface area contributed by atoms with Gasteiger partial charge >= 0.3 is 12.4 Å². The van der Waals surface area contributed by atoms with Crippen LogP contribution in [0.5, 0.6) is 0 Å². The Kier molecular flexibility index (Phi) is 18.1. The van der Waals surface area contributed by atoms with Gasteiger partial charge in [-0.1, -0.05) is 85.5 Å². The van der Waals surface area contributed by atoms with E-state index in [1.54, 1.807) is 6.07 Å². The minimum Gasteiger partial charge on any atom is -0.399 e. The molecule has 0 fully saturated rings. The van der Waals surface area contributed by atoms with Crippen LogP contribution >= 0.6 is 46.4 Å². The molecule has 0 saturated carbocycles. The molecule has 0 spiro atoms. The summed E-state index contributed by atoms with van der Waals surface area (Å²) in [6.07, 6.45) is -6.67. The Morgan fingerprint density at radius 3 is 1.34 bits per heavy atom. The molecule has 0 saturated heterocycles. The Morgan fingerprint density at radius 2 is 0.956 bits per heavy atom. The van der Waals surface area contributed by atoms with Crippen LogP contribution in [0.15, 0.2) is 119 Å². The second kappa shape index (κ2) is 21.7. The summed E-state index contributed by atoms with van der Waals surface area (Å²) < 4.78 is 159. The number of nitrogens with two attached hydrogens (primary N) is 1. The maximum Gasteiger partial charge on any atom is 0.417 e. The van der Waals surface area contributed by atoms with Crippen LogP contribution in [-0.2, 0) is 42.4 Å². The lowest BCUT2D eigenvalue weighted by molar-refractivity contribution is -0.138. The number of aromatic nitrogens is 2. The van der Waals surface area contributed by atoms with Gasteiger partial charge in [0.1, 0.15) is 11.4 Å². The van der Waals surface area contributed by atoms with Gasteiger partial charge in [-0.3, -0.25) is 23.8 Å². The molecular formula is C41H34Cl4F6N6O8S3. The summed E-state index contributed by atoms with van der Waals surface area (Å²) >= 11 is 22.9. The predicted octanol–water partition coefficient (Wildman–Crippen LogP) is 11.1. The third-order valence-corrected chi connectivity index (χ3v) is 12.7. The standard InChI is InChI=1S/C20H14Cl2F3N3O5S2.C19H12Cl2F3N3O3S.2CH4/c1-34(30,31)27-13-4-2-3-11(7-13)19(29)18-17(8-12(21)10-26-18)28-35(32,33)14-5-6-16(22)15(9-14)20(23,24)25;20-11-7-16(17(26-9-11)18(28)10-2-1-3-12(25)6-10)27-31(29,30)13-4-5-15(21)14(8-13)19(22,23)24;;/h2-10,27-28H,1H3;1-9,27H,25H2;2*1H4. The summed E-state index contributed by atoms with van der Waals surface area (Å²) in [7, 11) is -12.9. The lowest BCUT2D eigenvalue weighted by Crippen LogP contribution is -2.18. The van der Waals surface area contributed by atoms with Crippen LogP contribution in [0.25, 0.3) is 0 Å². The summed E-state index contributed by atoms with van der Waals surface area (Å²) in [4.78, 5) is 32.1. The number of nitrogens with zero attached hydrogens (tertiary/aromatic N) is 2. The van der Waals surface area contributed by atoms with E-state index in [2.05, 4.69) is 19.4 Å². The van der Waals surface area contributed by atoms with E-state index < -0.39 is 96.3 Å². The number of sulfonamides is 3. The lowest BCUT2D eigenvalue weighted by atomic mass is 10.1. The van der Waals surface area contributed by atoms with Gasteiger partial charge in [0.2, 0.25) is 21.6 Å². The van der Waals surface area contributed by atoms with Crippen LogP contribution in [-0.4, -0.2) is 53.0 Å². The van der Waals surface area contributed by atoms with Crippen LogP contribution in [0.1, 0.15) is 58.1 Å². The van der Waals surface area contributed by atoms with Gasteiger partial charge in [-0.15, -0.1) is 0 Å². The maximum absolute atomic E-state index is 13.2. The summed E-state index contributed by atoms with van der Waals surface area (Å²) in [5.41, 5.74) is 1.94. The van der Waals surface area contributed by atoms with Crippen LogP contribution in [0.2, 0.25) is 20.1 Å². The summed E-state index contributed by atoms with van der Waals surface area (Å²) in [5.74, 6) is -1.49. The highest BCUT2D eigenvalue weighted by atomic mass is 35.5. The minimum absolute atomic E-state index is 0. The van der Waals surface area contributed by atoms with Crippen molar-refractivity contribution in [3.63, 3.8) is 0 Å². The van der Waals surface area contributed by atoms with Crippen LogP contribution in [0.4, 0.5) is 49.1 Å². The minimum atomic E-state index is -4.91. The summed E-state index contributed by atoms with van der Waals surface area (Å²) in [6, 6.07) is 17.5. The third kappa shape index (κ3) is 14.4. The number of nitrogen functional groups attached to an aromatic ring is 1. The molecular weight excluding hydrogens is 1060 g/mol. The molecule has 2 aromatic heterocycles. The average molecular weight is 1090 g/mol. The van der Waals surface area contributed by atoms with E-state index in [4.69, 9.17) is 52.1 Å². The number of anilines is 4. The first-order chi connectivity index (χ1) is 30.4. The first kappa shape index (κ1) is 56.6. The smallest absolute Gasteiger partial charge is 0.399 e. The monoisotopic (exact) mass is 1090 g/mol. The fourth-order valence-electron chi connectivity index (χ4n) is 5.47. The molecule has 0 bridgehead atoms. The van der Waals surface area contributed by atoms with Crippen LogP contribution in [0, 0.1) is 0 Å². The average Bonchev–Trinajstić information content (AvgIpc) is 3.19. The van der Waals surface area contributed by atoms with Crippen molar-refractivity contribution in [3.8, 4) is 0 Å². The first-order valence-corrected chi connectivity index (χ1v) is 23.9. The maximum atomic E-state index is 13.2. The topological polar surface area (TPSA) is 224 Å². The van der Waals surface area contributed by atoms with Crippen molar-refractivity contribution >= 4 is 111 Å². The molecule has 0 aliphatic rings. The molecule has 6 aromatic rings. The van der Waals surface area contributed by atoms with Crippen molar-refractivity contribution in [2.45, 2.75) is 37.0 Å². The van der Waals surface area contributed by atoms with E-state index >= 15 is 0 Å². The lowest BCUT2D eigenvalue weighted by Gasteiger charge is -2.14. The molecule has 6 rings (SSSR count). The number of carbonyl (C=O) groups is 2. The van der Waals surface area contributed by atoms with Crippen LogP contribution < -0.4 is 19.9 Å². The molecule has 0 amide bonds. The Balaban J connectivity index is 0.000000352. The van der Waals surface area contributed by atoms with Crippen molar-refractivity contribution in [1.82, 2.24) is 9.97 Å². The summed E-state index contributed by atoms with van der Waals surface area (Å²) in [6.45, 7) is 0. The quantitative estimate of drug-likeness (QED) is 0.0512. The highest BCUT2D eigenvalue weighted by molar-refractivity contribution is 7.93. The SMILES string of the molecule is C.C.CS(=O)(=O)Nc1cccc(C(=O)c2ncc(Cl)cc2NS(=O)(=O)c2ccc(Cl)c(C(F)(F)F)c2)c1.Nc1cccc(C(=O)c2ncc(Cl)cc2NS(=O)(=O)c2ccc(Cl)c(C(F)(F)F)c2)c1. The van der Waals surface area contributed by atoms with Gasteiger partial charge in [0.15, 0.2) is 0 Å². The number of nitrogens with one attached hydrogen (secondary N) is 3. The molecule has 0 aliphatic heterocycles. The van der Waals surface area contributed by atoms with E-state index in [-0.39, 0.29) is 53.1 Å². The van der Waals surface area contributed by atoms with Crippen molar-refractivity contribution in [2.24, 2.45) is 0 Å². The second-order valence-corrected chi connectivity index (χ2v) is 20.1. The molecule has 2 heterocycles. The number of rotatable bonds is 12. The Labute approximate surface area is 406 Å². The number of benzene rings is 4. The van der Waals surface area contributed by atoms with Crippen LogP contribution in [0.3, 0.4) is 0 Å². The number of halogens is 10. The van der Waals surface area contributed by atoms with E-state index in [0.29, 0.717) is 17.8 Å². The number of hydrogen-bond donors (Lipinski definition) is 4. The molecule has 0 radical (unpaired) electrons. The van der Waals surface area contributed by atoms with Crippen molar-refractivity contribution in [1.29, 1.82) is 0 Å². The Hall–Kier alpha value is -5.69. The normalized spacial score (nSPS) is 11.8. The van der Waals surface area contributed by atoms with Crippen molar-refractivity contribution in [3.05, 3.63) is 163 Å². The second-order valence-electron chi connectivity index (χ2n) is 13.3. The largest absolute Gasteiger partial charge is 0.417 e. The highest BCUT2D eigenvalue weighted by Gasteiger charge is 2.36. The fraction of sp³-hybridized carbons (Fsp3) is 0.122. The number of carbonyl (C=O) groups excluding carboxylic acids is 2. The van der Waals surface area contributed by atoms with Gasteiger partial charge in [-0.05, 0) is 72.8 Å².